The molecule has 7 aliphatic rings. The molecule has 0 aromatic heterocycles. The van der Waals surface area contributed by atoms with Crippen LogP contribution in [0, 0.1) is 52.8 Å². The Morgan fingerprint density at radius 3 is 2.42 bits per heavy atom. The second-order valence-corrected chi connectivity index (χ2v) is 11.3. The van der Waals surface area contributed by atoms with Gasteiger partial charge in [0.15, 0.2) is 0 Å². The fourth-order valence-corrected chi connectivity index (χ4v) is 8.96. The lowest BCUT2D eigenvalue weighted by atomic mass is 8.96. The topological polar surface area (TPSA) is 75.3 Å². The molecule has 7 aliphatic carbocycles. The van der Waals surface area contributed by atoms with Crippen molar-refractivity contribution in [2.24, 2.45) is 52.8 Å². The summed E-state index contributed by atoms with van der Waals surface area (Å²) < 4.78 is 27.5. The monoisotopic (exact) mass is 370 g/mol. The number of nitrogens with one attached hydrogen (secondary N) is 2. The first kappa shape index (κ1) is 14.6. The summed E-state index contributed by atoms with van der Waals surface area (Å²) in [7, 11) is -3.54. The van der Waals surface area contributed by atoms with Gasteiger partial charge in [-0.2, -0.15) is 0 Å². The summed E-state index contributed by atoms with van der Waals surface area (Å²) in [6, 6.07) is 6.42. The molecule has 26 heavy (non-hydrogen) atoms. The van der Waals surface area contributed by atoms with Crippen LogP contribution in [-0.4, -0.2) is 27.4 Å². The molecule has 5 nitrogen and oxygen atoms in total. The van der Waals surface area contributed by atoms with Gasteiger partial charge in [-0.3, -0.25) is 4.79 Å². The molecule has 0 unspecified atom stereocenters. The zero-order valence-electron chi connectivity index (χ0n) is 14.4. The molecule has 0 spiro atoms. The lowest BCUT2D eigenvalue weighted by Crippen LogP contribution is -3.06. The first-order valence-electron chi connectivity index (χ1n) is 9.92. The van der Waals surface area contributed by atoms with Gasteiger partial charge in [0.05, 0.1) is 4.90 Å². The van der Waals surface area contributed by atoms with E-state index in [-0.39, 0.29) is 10.8 Å². The quantitative estimate of drug-likeness (QED) is 0.763. The van der Waals surface area contributed by atoms with Crippen LogP contribution in [0.15, 0.2) is 29.2 Å². The number of rotatable bonds is 7. The largest absolute Gasteiger partial charge is 0.351 e. The van der Waals surface area contributed by atoms with Gasteiger partial charge in [-0.05, 0) is 83.8 Å². The molecule has 0 bridgehead atoms. The molecule has 7 saturated carbocycles. The fourth-order valence-electron chi connectivity index (χ4n) is 7.80. The molecule has 1 amide bonds. The highest BCUT2D eigenvalue weighted by Gasteiger charge is 3.03. The SMILES string of the molecule is O=C(NCC12C3C4C5C3C1C5C42)c1cccc(S(=O)(=O)NCC2CC2)c1. The summed E-state index contributed by atoms with van der Waals surface area (Å²) in [6.45, 7) is 1.29. The number of hydrogen-bond acceptors (Lipinski definition) is 3. The molecule has 2 N–H and O–H groups in total. The first-order valence-corrected chi connectivity index (χ1v) is 11.4. The maximum atomic E-state index is 12.6. The third-order valence-corrected chi connectivity index (χ3v) is 10.3. The third kappa shape index (κ3) is 1.37. The van der Waals surface area contributed by atoms with Gasteiger partial charge in [-0.25, -0.2) is 13.1 Å². The molecule has 7 fully saturated rings. The van der Waals surface area contributed by atoms with E-state index >= 15 is 0 Å². The Bertz CT molecular complexity index is 916. The second kappa shape index (κ2) is 4.20. The molecular formula is C20H22N2O3S. The van der Waals surface area contributed by atoms with E-state index in [4.69, 9.17) is 0 Å². The zero-order valence-corrected chi connectivity index (χ0v) is 15.2. The van der Waals surface area contributed by atoms with Crippen LogP contribution in [0.25, 0.3) is 0 Å². The predicted octanol–water partition coefficient (Wildman–Crippen LogP) is 1.47. The Kier molecular flexibility index (Phi) is 2.36. The van der Waals surface area contributed by atoms with Gasteiger partial charge < -0.3 is 5.32 Å². The molecule has 8 rings (SSSR count). The second-order valence-electron chi connectivity index (χ2n) is 9.50. The van der Waals surface area contributed by atoms with Crippen LogP contribution in [0.2, 0.25) is 0 Å². The van der Waals surface area contributed by atoms with Crippen molar-refractivity contribution >= 4 is 15.9 Å². The van der Waals surface area contributed by atoms with Gasteiger partial charge in [0.1, 0.15) is 0 Å². The van der Waals surface area contributed by atoms with E-state index in [9.17, 15) is 13.2 Å². The van der Waals surface area contributed by atoms with Gasteiger partial charge in [0, 0.05) is 18.7 Å². The fraction of sp³-hybridized carbons (Fsp3) is 0.650. The molecule has 0 atom stereocenters. The minimum Gasteiger partial charge on any atom is -0.351 e. The predicted molar refractivity (Wildman–Crippen MR) is 93.6 cm³/mol. The Morgan fingerprint density at radius 1 is 1.08 bits per heavy atom. The van der Waals surface area contributed by atoms with Crippen molar-refractivity contribution in [2.45, 2.75) is 17.7 Å². The van der Waals surface area contributed by atoms with E-state index in [1.165, 1.54) is 6.07 Å². The average molecular weight is 370 g/mol. The summed E-state index contributed by atoms with van der Waals surface area (Å²) in [4.78, 5) is 12.8. The summed E-state index contributed by atoms with van der Waals surface area (Å²) in [5, 5.41) is 3.12. The molecular weight excluding hydrogens is 348 g/mol. The zero-order chi connectivity index (χ0) is 17.4. The summed E-state index contributed by atoms with van der Waals surface area (Å²) in [5.41, 5.74) is 0.885. The van der Waals surface area contributed by atoms with Gasteiger partial charge in [-0.1, -0.05) is 6.07 Å². The third-order valence-electron chi connectivity index (χ3n) is 8.90. The standard InChI is InChI=1S/C20H22N2O3S/c23-19(21-8-20-16-13-12-14(16)18(20)15(12)17(13)20)10-2-1-3-11(6-10)26(24,25)22-7-9-4-5-9/h1-3,6,9,12-18,22H,4-5,7-8H2,(H,21,23). The van der Waals surface area contributed by atoms with Crippen LogP contribution in [0.4, 0.5) is 0 Å². The van der Waals surface area contributed by atoms with E-state index in [1.54, 1.807) is 18.2 Å². The lowest BCUT2D eigenvalue weighted by Gasteiger charge is -3.08. The Morgan fingerprint density at radius 2 is 1.77 bits per heavy atom. The van der Waals surface area contributed by atoms with Crippen molar-refractivity contribution in [3.8, 4) is 0 Å². The molecule has 6 heteroatoms. The van der Waals surface area contributed by atoms with Crippen LogP contribution >= 0.6 is 0 Å². The van der Waals surface area contributed by atoms with Crippen molar-refractivity contribution in [2.75, 3.05) is 13.1 Å². The average Bonchev–Trinajstić information content (AvgIpc) is 3.49. The minimum absolute atomic E-state index is 0.141. The van der Waals surface area contributed by atoms with Crippen molar-refractivity contribution < 1.29 is 13.2 Å². The molecule has 136 valence electrons. The number of hydrogen-bond donors (Lipinski definition) is 2. The van der Waals surface area contributed by atoms with Crippen molar-refractivity contribution in [1.29, 1.82) is 0 Å². The summed E-state index contributed by atoms with van der Waals surface area (Å²) in [6.07, 6.45) is 2.19. The van der Waals surface area contributed by atoms with Crippen molar-refractivity contribution in [3.63, 3.8) is 0 Å². The lowest BCUT2D eigenvalue weighted by molar-refractivity contribution is -0.612. The Balaban J connectivity index is 1.05. The normalized spacial score (nSPS) is 47.5. The van der Waals surface area contributed by atoms with E-state index < -0.39 is 10.0 Å². The number of carbonyl (C=O) groups excluding carboxylic acids is 1. The Labute approximate surface area is 153 Å². The molecule has 0 aliphatic heterocycles. The first-order chi connectivity index (χ1) is 12.5. The minimum atomic E-state index is -3.54. The van der Waals surface area contributed by atoms with Gasteiger partial charge in [0.25, 0.3) is 5.91 Å². The molecule has 1 aromatic rings. The maximum Gasteiger partial charge on any atom is 0.251 e. The van der Waals surface area contributed by atoms with Crippen LogP contribution in [0.1, 0.15) is 23.2 Å². The molecule has 0 radical (unpaired) electrons. The number of carbonyl (C=O) groups is 1. The van der Waals surface area contributed by atoms with Gasteiger partial charge >= 0.3 is 0 Å². The molecule has 0 saturated heterocycles. The summed E-state index contributed by atoms with van der Waals surface area (Å²) >= 11 is 0. The van der Waals surface area contributed by atoms with E-state index in [1.807, 2.05) is 0 Å². The Hall–Kier alpha value is -1.40. The molecule has 0 heterocycles. The number of amides is 1. The highest BCUT2D eigenvalue weighted by atomic mass is 32.2. The smallest absolute Gasteiger partial charge is 0.251 e. The van der Waals surface area contributed by atoms with Gasteiger partial charge in [-0.15, -0.1) is 0 Å². The number of sulfonamides is 1. The van der Waals surface area contributed by atoms with E-state index in [2.05, 4.69) is 10.0 Å². The summed E-state index contributed by atoms with van der Waals surface area (Å²) in [5.74, 6) is 7.18. The van der Waals surface area contributed by atoms with Crippen LogP contribution in [-0.2, 0) is 10.0 Å². The van der Waals surface area contributed by atoms with Gasteiger partial charge in [0.2, 0.25) is 10.0 Å². The van der Waals surface area contributed by atoms with E-state index in [0.29, 0.717) is 23.4 Å². The van der Waals surface area contributed by atoms with Crippen LogP contribution in [0.3, 0.4) is 0 Å². The van der Waals surface area contributed by atoms with Crippen molar-refractivity contribution in [1.82, 2.24) is 10.0 Å². The van der Waals surface area contributed by atoms with Crippen LogP contribution in [0.5, 0.6) is 0 Å². The number of benzene rings is 1. The highest BCUT2D eigenvalue weighted by Crippen LogP contribution is 3.05. The van der Waals surface area contributed by atoms with Crippen molar-refractivity contribution in [3.05, 3.63) is 29.8 Å². The molecule has 1 aromatic carbocycles. The highest BCUT2D eigenvalue weighted by molar-refractivity contribution is 7.89. The van der Waals surface area contributed by atoms with E-state index in [0.717, 1.165) is 60.8 Å². The maximum absolute atomic E-state index is 12.6. The van der Waals surface area contributed by atoms with Crippen LogP contribution < -0.4 is 10.0 Å².